The lowest BCUT2D eigenvalue weighted by Gasteiger charge is -2.22. The molecule has 2 aromatic carbocycles. The summed E-state index contributed by atoms with van der Waals surface area (Å²) < 4.78 is 0. The summed E-state index contributed by atoms with van der Waals surface area (Å²) in [6.45, 7) is 6.11. The second-order valence-corrected chi connectivity index (χ2v) is 7.44. The van der Waals surface area contributed by atoms with Crippen LogP contribution in [-0.2, 0) is 24.3 Å². The van der Waals surface area contributed by atoms with Gasteiger partial charge in [0.25, 0.3) is 0 Å². The molecule has 29 heavy (non-hydrogen) atoms. The van der Waals surface area contributed by atoms with Crippen molar-refractivity contribution in [3.05, 3.63) is 65.2 Å². The van der Waals surface area contributed by atoms with Gasteiger partial charge in [-0.05, 0) is 42.5 Å². The number of nitrogens with one attached hydrogen (secondary N) is 1. The molecule has 0 aliphatic carbocycles. The molecule has 2 aliphatic rings. The van der Waals surface area contributed by atoms with Crippen molar-refractivity contribution in [2.75, 3.05) is 24.5 Å². The minimum Gasteiger partial charge on any atom is -0.356 e. The average Bonchev–Trinajstić information content (AvgIpc) is 3.32. The standard InChI is InChI=1S/C23H28N4O.HI/c1-2-24-23(27-14-12-20-9-3-4-10-21(20)27)25-16-18-7-5-8-19(15-18)17-26-13-6-11-22(26)28;/h3-5,7-10,15H,2,6,11-14,16-17H2,1H3,(H,24,25);1H. The third kappa shape index (κ3) is 5.10. The van der Waals surface area contributed by atoms with Gasteiger partial charge in [0.2, 0.25) is 5.91 Å². The Hall–Kier alpha value is -2.09. The van der Waals surface area contributed by atoms with E-state index in [9.17, 15) is 4.79 Å². The first kappa shape index (κ1) is 21.6. The first-order valence-electron chi connectivity index (χ1n) is 10.2. The molecule has 1 N–H and O–H groups in total. The number of guanidine groups is 1. The number of para-hydroxylation sites is 1. The van der Waals surface area contributed by atoms with Gasteiger partial charge in [0, 0.05) is 38.3 Å². The molecule has 2 heterocycles. The second-order valence-electron chi connectivity index (χ2n) is 7.44. The summed E-state index contributed by atoms with van der Waals surface area (Å²) in [4.78, 5) is 21.0. The molecule has 1 amide bonds. The van der Waals surface area contributed by atoms with E-state index in [1.807, 2.05) is 4.90 Å². The lowest BCUT2D eigenvalue weighted by atomic mass is 10.1. The van der Waals surface area contributed by atoms with Crippen LogP contribution in [0.1, 0.15) is 36.5 Å². The van der Waals surface area contributed by atoms with Gasteiger partial charge in [0.05, 0.1) is 6.54 Å². The summed E-state index contributed by atoms with van der Waals surface area (Å²) >= 11 is 0. The van der Waals surface area contributed by atoms with Crippen LogP contribution >= 0.6 is 24.0 Å². The van der Waals surface area contributed by atoms with Gasteiger partial charge in [-0.2, -0.15) is 0 Å². The average molecular weight is 504 g/mol. The topological polar surface area (TPSA) is 47.9 Å². The number of carbonyl (C=O) groups excluding carboxylic acids is 1. The number of rotatable bonds is 5. The Morgan fingerprint density at radius 1 is 1.07 bits per heavy atom. The molecule has 0 saturated carbocycles. The van der Waals surface area contributed by atoms with E-state index in [-0.39, 0.29) is 29.9 Å². The van der Waals surface area contributed by atoms with Crippen molar-refractivity contribution in [3.63, 3.8) is 0 Å². The fraction of sp³-hybridized carbons (Fsp3) is 0.391. The van der Waals surface area contributed by atoms with Crippen LogP contribution < -0.4 is 10.2 Å². The molecule has 0 radical (unpaired) electrons. The zero-order valence-electron chi connectivity index (χ0n) is 16.9. The summed E-state index contributed by atoms with van der Waals surface area (Å²) in [6.07, 6.45) is 2.72. The van der Waals surface area contributed by atoms with Crippen LogP contribution in [0.4, 0.5) is 5.69 Å². The number of halogens is 1. The van der Waals surface area contributed by atoms with Crippen LogP contribution in [0.5, 0.6) is 0 Å². The van der Waals surface area contributed by atoms with Gasteiger partial charge < -0.3 is 15.1 Å². The molecule has 0 unspecified atom stereocenters. The Kier molecular flexibility index (Phi) is 7.52. The van der Waals surface area contributed by atoms with E-state index in [1.165, 1.54) is 22.4 Å². The monoisotopic (exact) mass is 504 g/mol. The molecule has 0 bridgehead atoms. The van der Waals surface area contributed by atoms with Gasteiger partial charge in [-0.1, -0.05) is 42.5 Å². The smallest absolute Gasteiger partial charge is 0.222 e. The zero-order valence-corrected chi connectivity index (χ0v) is 19.3. The number of fused-ring (bicyclic) bond motifs is 1. The van der Waals surface area contributed by atoms with E-state index in [2.05, 4.69) is 65.7 Å². The van der Waals surface area contributed by atoms with Crippen molar-refractivity contribution in [3.8, 4) is 0 Å². The van der Waals surface area contributed by atoms with Gasteiger partial charge in [-0.15, -0.1) is 24.0 Å². The summed E-state index contributed by atoms with van der Waals surface area (Å²) in [6, 6.07) is 17.0. The van der Waals surface area contributed by atoms with Crippen LogP contribution in [0.15, 0.2) is 53.5 Å². The molecule has 0 atom stereocenters. The molecule has 2 aliphatic heterocycles. The summed E-state index contributed by atoms with van der Waals surface area (Å²) in [7, 11) is 0. The largest absolute Gasteiger partial charge is 0.356 e. The predicted molar refractivity (Wildman–Crippen MR) is 129 cm³/mol. The Labute approximate surface area is 190 Å². The molecule has 6 heteroatoms. The van der Waals surface area contributed by atoms with Crippen molar-refractivity contribution >= 4 is 41.5 Å². The van der Waals surface area contributed by atoms with Crippen LogP contribution in [0.3, 0.4) is 0 Å². The second kappa shape index (κ2) is 10.1. The van der Waals surface area contributed by atoms with Gasteiger partial charge >= 0.3 is 0 Å². The first-order chi connectivity index (χ1) is 13.7. The van der Waals surface area contributed by atoms with Crippen LogP contribution in [0, 0.1) is 0 Å². The quantitative estimate of drug-likeness (QED) is 0.381. The van der Waals surface area contributed by atoms with Crippen molar-refractivity contribution in [1.82, 2.24) is 10.2 Å². The molecule has 154 valence electrons. The number of likely N-dealkylation sites (tertiary alicyclic amines) is 1. The fourth-order valence-electron chi connectivity index (χ4n) is 4.04. The Bertz CT molecular complexity index is 883. The van der Waals surface area contributed by atoms with E-state index in [1.54, 1.807) is 0 Å². The molecule has 0 aromatic heterocycles. The Morgan fingerprint density at radius 2 is 1.90 bits per heavy atom. The maximum atomic E-state index is 11.9. The molecular formula is C23H29IN4O. The highest BCUT2D eigenvalue weighted by molar-refractivity contribution is 14.0. The number of nitrogens with zero attached hydrogens (tertiary/aromatic N) is 3. The normalized spacial score (nSPS) is 16.0. The molecule has 5 nitrogen and oxygen atoms in total. The van der Waals surface area contributed by atoms with Crippen molar-refractivity contribution < 1.29 is 4.79 Å². The highest BCUT2D eigenvalue weighted by Crippen LogP contribution is 2.27. The van der Waals surface area contributed by atoms with Gasteiger partial charge in [-0.25, -0.2) is 4.99 Å². The molecule has 1 saturated heterocycles. The van der Waals surface area contributed by atoms with Gasteiger partial charge in [-0.3, -0.25) is 4.79 Å². The van der Waals surface area contributed by atoms with Gasteiger partial charge in [0.1, 0.15) is 0 Å². The maximum absolute atomic E-state index is 11.9. The molecule has 4 rings (SSSR count). The van der Waals surface area contributed by atoms with E-state index in [4.69, 9.17) is 4.99 Å². The Morgan fingerprint density at radius 3 is 2.69 bits per heavy atom. The minimum absolute atomic E-state index is 0. The summed E-state index contributed by atoms with van der Waals surface area (Å²) in [5, 5.41) is 3.44. The molecule has 2 aromatic rings. The number of aliphatic imine (C=N–C) groups is 1. The van der Waals surface area contributed by atoms with E-state index in [0.29, 0.717) is 19.5 Å². The highest BCUT2D eigenvalue weighted by Gasteiger charge is 2.22. The van der Waals surface area contributed by atoms with Gasteiger partial charge in [0.15, 0.2) is 5.96 Å². The predicted octanol–water partition coefficient (Wildman–Crippen LogP) is 3.96. The third-order valence-corrected chi connectivity index (χ3v) is 5.43. The van der Waals surface area contributed by atoms with E-state index >= 15 is 0 Å². The third-order valence-electron chi connectivity index (χ3n) is 5.43. The number of hydrogen-bond acceptors (Lipinski definition) is 2. The number of hydrogen-bond donors (Lipinski definition) is 1. The number of benzene rings is 2. The lowest BCUT2D eigenvalue weighted by Crippen LogP contribution is -2.40. The first-order valence-corrected chi connectivity index (χ1v) is 10.2. The number of carbonyl (C=O) groups is 1. The fourth-order valence-corrected chi connectivity index (χ4v) is 4.04. The van der Waals surface area contributed by atoms with Crippen LogP contribution in [0.25, 0.3) is 0 Å². The lowest BCUT2D eigenvalue weighted by molar-refractivity contribution is -0.128. The number of amides is 1. The van der Waals surface area contributed by atoms with Crippen LogP contribution in [-0.4, -0.2) is 36.4 Å². The minimum atomic E-state index is 0. The highest BCUT2D eigenvalue weighted by atomic mass is 127. The summed E-state index contributed by atoms with van der Waals surface area (Å²) in [5.41, 5.74) is 4.99. The maximum Gasteiger partial charge on any atom is 0.222 e. The number of anilines is 1. The van der Waals surface area contributed by atoms with Crippen LogP contribution in [0.2, 0.25) is 0 Å². The van der Waals surface area contributed by atoms with Crippen molar-refractivity contribution in [2.24, 2.45) is 4.99 Å². The van der Waals surface area contributed by atoms with E-state index < -0.39 is 0 Å². The molecule has 1 fully saturated rings. The van der Waals surface area contributed by atoms with Crippen molar-refractivity contribution in [2.45, 2.75) is 39.3 Å². The Balaban J connectivity index is 0.00000240. The molecule has 0 spiro atoms. The summed E-state index contributed by atoms with van der Waals surface area (Å²) in [5.74, 6) is 1.21. The zero-order chi connectivity index (χ0) is 19.3. The van der Waals surface area contributed by atoms with Crippen molar-refractivity contribution in [1.29, 1.82) is 0 Å². The van der Waals surface area contributed by atoms with E-state index in [0.717, 1.165) is 38.4 Å². The molecular weight excluding hydrogens is 475 g/mol. The SMILES string of the molecule is CCNC(=NCc1cccc(CN2CCCC2=O)c1)N1CCc2ccccc21.I.